The van der Waals surface area contributed by atoms with Crippen molar-refractivity contribution < 1.29 is 0 Å². The Kier molecular flexibility index (Phi) is 6.42. The SMILES string of the molecule is CC1(C)c2ccccc2-c2ccc(-c3ccc4c(-c5ccc6ccccc6n5)c5ccccc5c(-c5ccc6c(c5)C(C)(C)c5ccccc5-6)c4c3)cc21. The Morgan fingerprint density at radius 1 is 0.352 bits per heavy atom. The van der Waals surface area contributed by atoms with Crippen LogP contribution in [0.5, 0.6) is 0 Å². The molecule has 1 heterocycles. The van der Waals surface area contributed by atoms with Crippen molar-refractivity contribution in [3.05, 3.63) is 186 Å². The fraction of sp³-hybridized carbons (Fsp3) is 0.113. The van der Waals surface area contributed by atoms with Crippen LogP contribution >= 0.6 is 0 Å². The van der Waals surface area contributed by atoms with Gasteiger partial charge in [-0.15, -0.1) is 0 Å². The van der Waals surface area contributed by atoms with Crippen molar-refractivity contribution in [3.8, 4) is 55.8 Å². The van der Waals surface area contributed by atoms with Gasteiger partial charge >= 0.3 is 0 Å². The zero-order valence-corrected chi connectivity index (χ0v) is 31.0. The summed E-state index contributed by atoms with van der Waals surface area (Å²) in [6.07, 6.45) is 0. The lowest BCUT2D eigenvalue weighted by Crippen LogP contribution is -2.15. The summed E-state index contributed by atoms with van der Waals surface area (Å²) in [5, 5.41) is 6.07. The minimum Gasteiger partial charge on any atom is -0.248 e. The maximum Gasteiger partial charge on any atom is 0.0722 e. The lowest BCUT2D eigenvalue weighted by molar-refractivity contribution is 0.660. The Morgan fingerprint density at radius 3 is 1.56 bits per heavy atom. The molecule has 0 atom stereocenters. The second-order valence-electron chi connectivity index (χ2n) is 16.3. The average Bonchev–Trinajstić information content (AvgIpc) is 3.58. The summed E-state index contributed by atoms with van der Waals surface area (Å²) in [6.45, 7) is 9.47. The summed E-state index contributed by atoms with van der Waals surface area (Å²) in [5.41, 5.74) is 19.0. The summed E-state index contributed by atoms with van der Waals surface area (Å²) >= 11 is 0. The molecule has 2 aliphatic carbocycles. The highest BCUT2D eigenvalue weighted by atomic mass is 14.7. The minimum absolute atomic E-state index is 0.0656. The van der Waals surface area contributed by atoms with Crippen LogP contribution in [0.4, 0.5) is 0 Å². The number of aromatic nitrogens is 1. The summed E-state index contributed by atoms with van der Waals surface area (Å²) in [4.78, 5) is 5.29. The summed E-state index contributed by atoms with van der Waals surface area (Å²) in [6, 6.07) is 61.0. The van der Waals surface area contributed by atoms with E-state index in [0.717, 1.165) is 16.6 Å². The lowest BCUT2D eigenvalue weighted by Gasteiger charge is -2.23. The molecule has 0 radical (unpaired) electrons. The van der Waals surface area contributed by atoms with Crippen LogP contribution in [-0.2, 0) is 10.8 Å². The second-order valence-corrected chi connectivity index (χ2v) is 16.3. The number of para-hydroxylation sites is 1. The van der Waals surface area contributed by atoms with E-state index in [-0.39, 0.29) is 10.8 Å². The van der Waals surface area contributed by atoms with E-state index < -0.39 is 0 Å². The molecule has 0 bridgehead atoms. The number of rotatable bonds is 3. The van der Waals surface area contributed by atoms with E-state index in [2.05, 4.69) is 191 Å². The van der Waals surface area contributed by atoms with E-state index >= 15 is 0 Å². The van der Waals surface area contributed by atoms with Gasteiger partial charge in [-0.2, -0.15) is 0 Å². The Hall–Kier alpha value is -6.31. The number of hydrogen-bond donors (Lipinski definition) is 0. The minimum atomic E-state index is -0.0948. The molecule has 0 aliphatic heterocycles. The van der Waals surface area contributed by atoms with E-state index in [1.54, 1.807) is 0 Å². The van der Waals surface area contributed by atoms with Crippen molar-refractivity contribution in [2.45, 2.75) is 38.5 Å². The second kappa shape index (κ2) is 11.1. The van der Waals surface area contributed by atoms with Crippen molar-refractivity contribution in [2.24, 2.45) is 0 Å². The predicted octanol–water partition coefficient (Wildman–Crippen LogP) is 14.2. The third-order valence-electron chi connectivity index (χ3n) is 12.7. The molecular formula is C53H39N. The van der Waals surface area contributed by atoms with E-state index in [1.807, 2.05) is 0 Å². The normalized spacial score (nSPS) is 14.6. The molecule has 0 saturated carbocycles. The van der Waals surface area contributed by atoms with Crippen LogP contribution in [-0.4, -0.2) is 4.98 Å². The summed E-state index contributed by atoms with van der Waals surface area (Å²) < 4.78 is 0. The molecule has 8 aromatic carbocycles. The molecular weight excluding hydrogens is 651 g/mol. The van der Waals surface area contributed by atoms with Gasteiger partial charge in [0.25, 0.3) is 0 Å². The van der Waals surface area contributed by atoms with Gasteiger partial charge in [-0.05, 0) is 119 Å². The van der Waals surface area contributed by atoms with E-state index in [4.69, 9.17) is 4.98 Å². The molecule has 0 N–H and O–H groups in total. The van der Waals surface area contributed by atoms with Gasteiger partial charge in [0.05, 0.1) is 11.2 Å². The van der Waals surface area contributed by atoms with Crippen LogP contribution in [0.3, 0.4) is 0 Å². The highest BCUT2D eigenvalue weighted by Gasteiger charge is 2.36. The topological polar surface area (TPSA) is 12.9 Å². The fourth-order valence-corrected chi connectivity index (χ4v) is 9.89. The Bertz CT molecular complexity index is 3050. The van der Waals surface area contributed by atoms with Crippen LogP contribution in [0.2, 0.25) is 0 Å². The van der Waals surface area contributed by atoms with Gasteiger partial charge in [0.2, 0.25) is 0 Å². The molecule has 256 valence electrons. The van der Waals surface area contributed by atoms with E-state index in [0.29, 0.717) is 0 Å². The van der Waals surface area contributed by atoms with Gasteiger partial charge in [0, 0.05) is 21.8 Å². The summed E-state index contributed by atoms with van der Waals surface area (Å²) in [7, 11) is 0. The standard InChI is InChI=1S/C53H39N/c1-52(2)44-18-10-8-14-36(44)38-25-21-34(30-46(38)52)33-22-27-42-43(29-33)50(35-23-26-39-37-15-9-11-19-45(37)53(3,4)47(39)31-35)40-16-6-7-17-41(40)51(42)49-28-24-32-13-5-12-20-48(32)54-49/h5-31H,1-4H3. The highest BCUT2D eigenvalue weighted by molar-refractivity contribution is 6.22. The number of pyridine rings is 1. The molecule has 54 heavy (non-hydrogen) atoms. The maximum atomic E-state index is 5.29. The van der Waals surface area contributed by atoms with Crippen LogP contribution in [0.1, 0.15) is 49.9 Å². The van der Waals surface area contributed by atoms with E-state index in [1.165, 1.54) is 93.9 Å². The molecule has 1 heteroatoms. The third kappa shape index (κ3) is 4.30. The average molecular weight is 690 g/mol. The zero-order valence-electron chi connectivity index (χ0n) is 31.0. The highest BCUT2D eigenvalue weighted by Crippen LogP contribution is 2.53. The molecule has 2 aliphatic rings. The lowest BCUT2D eigenvalue weighted by atomic mass is 9.80. The molecule has 1 aromatic heterocycles. The van der Waals surface area contributed by atoms with Gasteiger partial charge in [0.15, 0.2) is 0 Å². The van der Waals surface area contributed by atoms with E-state index in [9.17, 15) is 0 Å². The molecule has 9 aromatic rings. The van der Waals surface area contributed by atoms with Gasteiger partial charge < -0.3 is 0 Å². The largest absolute Gasteiger partial charge is 0.248 e. The van der Waals surface area contributed by atoms with Crippen LogP contribution in [0.15, 0.2) is 164 Å². The van der Waals surface area contributed by atoms with Crippen molar-refractivity contribution in [3.63, 3.8) is 0 Å². The first-order valence-corrected chi connectivity index (χ1v) is 19.1. The molecule has 0 unspecified atom stereocenters. The summed E-state index contributed by atoms with van der Waals surface area (Å²) in [5.74, 6) is 0. The fourth-order valence-electron chi connectivity index (χ4n) is 9.89. The smallest absolute Gasteiger partial charge is 0.0722 e. The number of benzene rings is 8. The quantitative estimate of drug-likeness (QED) is 0.168. The first-order valence-electron chi connectivity index (χ1n) is 19.1. The van der Waals surface area contributed by atoms with Gasteiger partial charge in [0.1, 0.15) is 0 Å². The van der Waals surface area contributed by atoms with Crippen molar-refractivity contribution in [1.82, 2.24) is 4.98 Å². The van der Waals surface area contributed by atoms with Crippen LogP contribution < -0.4 is 0 Å². The number of nitrogens with zero attached hydrogens (tertiary/aromatic N) is 1. The first kappa shape index (κ1) is 31.2. The zero-order chi connectivity index (χ0) is 36.3. The molecule has 11 rings (SSSR count). The molecule has 1 nitrogen and oxygen atoms in total. The monoisotopic (exact) mass is 689 g/mol. The number of hydrogen-bond acceptors (Lipinski definition) is 1. The van der Waals surface area contributed by atoms with Crippen molar-refractivity contribution >= 4 is 32.4 Å². The van der Waals surface area contributed by atoms with Crippen molar-refractivity contribution in [1.29, 1.82) is 0 Å². The first-order chi connectivity index (χ1) is 26.3. The van der Waals surface area contributed by atoms with Gasteiger partial charge in [-0.1, -0.05) is 161 Å². The predicted molar refractivity (Wildman–Crippen MR) is 228 cm³/mol. The number of fused-ring (bicyclic) bond motifs is 9. The van der Waals surface area contributed by atoms with Crippen LogP contribution in [0.25, 0.3) is 88.2 Å². The Balaban J connectivity index is 1.20. The Morgan fingerprint density at radius 2 is 0.852 bits per heavy atom. The molecule has 0 spiro atoms. The third-order valence-corrected chi connectivity index (χ3v) is 12.7. The molecule has 0 fully saturated rings. The molecule has 0 amide bonds. The van der Waals surface area contributed by atoms with Crippen molar-refractivity contribution in [2.75, 3.05) is 0 Å². The molecule has 0 saturated heterocycles. The maximum absolute atomic E-state index is 5.29. The van der Waals surface area contributed by atoms with Crippen LogP contribution in [0, 0.1) is 0 Å². The Labute approximate surface area is 316 Å². The van der Waals surface area contributed by atoms with Gasteiger partial charge in [-0.3, -0.25) is 0 Å². The van der Waals surface area contributed by atoms with Gasteiger partial charge in [-0.25, -0.2) is 4.98 Å².